The average molecular weight is 469 g/mol. The minimum absolute atomic E-state index is 0. The normalized spacial score (nSPS) is 17.2. The first-order valence-electron chi connectivity index (χ1n) is 9.85. The van der Waals surface area contributed by atoms with Gasteiger partial charge < -0.3 is 20.5 Å². The molecular formula is C19H40IN3O2. The van der Waals surface area contributed by atoms with E-state index in [2.05, 4.69) is 29.5 Å². The van der Waals surface area contributed by atoms with Gasteiger partial charge in [0.1, 0.15) is 0 Å². The Morgan fingerprint density at radius 1 is 1.12 bits per heavy atom. The van der Waals surface area contributed by atoms with Crippen LogP contribution in [-0.4, -0.2) is 49.5 Å². The van der Waals surface area contributed by atoms with Gasteiger partial charge in [-0.3, -0.25) is 4.99 Å². The lowest BCUT2D eigenvalue weighted by Crippen LogP contribution is -2.44. The van der Waals surface area contributed by atoms with Crippen LogP contribution in [0.25, 0.3) is 0 Å². The zero-order chi connectivity index (χ0) is 17.9. The number of aliphatic imine (C=N–C) groups is 1. The molecule has 25 heavy (non-hydrogen) atoms. The molecule has 1 saturated carbocycles. The zero-order valence-corrected chi connectivity index (χ0v) is 19.0. The van der Waals surface area contributed by atoms with Gasteiger partial charge in [-0.1, -0.05) is 26.7 Å². The van der Waals surface area contributed by atoms with Crippen LogP contribution in [0, 0.1) is 5.41 Å². The molecule has 1 fully saturated rings. The van der Waals surface area contributed by atoms with Gasteiger partial charge in [-0.25, -0.2) is 0 Å². The second-order valence-corrected chi connectivity index (χ2v) is 7.13. The molecule has 1 rings (SSSR count). The largest absolute Gasteiger partial charge is 0.388 e. The Hall–Kier alpha value is -0.0800. The molecule has 0 radical (unpaired) electrons. The van der Waals surface area contributed by atoms with Crippen LogP contribution < -0.4 is 10.6 Å². The fraction of sp³-hybridized carbons (Fsp3) is 0.947. The zero-order valence-electron chi connectivity index (χ0n) is 16.7. The highest BCUT2D eigenvalue weighted by molar-refractivity contribution is 14.0. The van der Waals surface area contributed by atoms with Gasteiger partial charge in [0, 0.05) is 26.3 Å². The number of aliphatic hydroxyl groups is 1. The minimum atomic E-state index is -0.692. The van der Waals surface area contributed by atoms with Gasteiger partial charge in [0.05, 0.1) is 12.1 Å². The lowest BCUT2D eigenvalue weighted by atomic mass is 9.83. The van der Waals surface area contributed by atoms with Crippen LogP contribution in [0.1, 0.15) is 72.6 Å². The summed E-state index contributed by atoms with van der Waals surface area (Å²) in [4.78, 5) is 4.63. The monoisotopic (exact) mass is 469 g/mol. The van der Waals surface area contributed by atoms with Crippen molar-refractivity contribution >= 4 is 29.9 Å². The Balaban J connectivity index is 0.00000576. The second-order valence-electron chi connectivity index (χ2n) is 7.13. The third-order valence-corrected chi connectivity index (χ3v) is 5.47. The molecule has 0 amide bonds. The number of halogens is 1. The number of hydrogen-bond donors (Lipinski definition) is 3. The summed E-state index contributed by atoms with van der Waals surface area (Å²) in [6.45, 7) is 12.0. The molecular weight excluding hydrogens is 429 g/mol. The van der Waals surface area contributed by atoms with E-state index >= 15 is 0 Å². The highest BCUT2D eigenvalue weighted by Gasteiger charge is 2.33. The Morgan fingerprint density at radius 2 is 1.76 bits per heavy atom. The molecule has 3 N–H and O–H groups in total. The van der Waals surface area contributed by atoms with Crippen LogP contribution in [0.15, 0.2) is 4.99 Å². The third kappa shape index (κ3) is 8.91. The molecule has 0 bridgehead atoms. The van der Waals surface area contributed by atoms with Crippen LogP contribution >= 0.6 is 24.0 Å². The van der Waals surface area contributed by atoms with Crippen molar-refractivity contribution in [3.8, 4) is 0 Å². The molecule has 0 aliphatic heterocycles. The number of ether oxygens (including phenoxy) is 1. The van der Waals surface area contributed by atoms with E-state index in [4.69, 9.17) is 4.74 Å². The van der Waals surface area contributed by atoms with E-state index in [0.717, 1.165) is 51.5 Å². The number of hydrogen-bond acceptors (Lipinski definition) is 3. The maximum Gasteiger partial charge on any atom is 0.191 e. The quantitative estimate of drug-likeness (QED) is 0.187. The van der Waals surface area contributed by atoms with Gasteiger partial charge in [-0.2, -0.15) is 0 Å². The molecule has 5 nitrogen and oxygen atoms in total. The van der Waals surface area contributed by atoms with Gasteiger partial charge in [-0.15, -0.1) is 24.0 Å². The van der Waals surface area contributed by atoms with E-state index in [0.29, 0.717) is 12.0 Å². The van der Waals surface area contributed by atoms with Crippen molar-refractivity contribution < 1.29 is 9.84 Å². The summed E-state index contributed by atoms with van der Waals surface area (Å²) in [6.07, 6.45) is 7.72. The summed E-state index contributed by atoms with van der Waals surface area (Å²) in [5.74, 6) is 0.820. The van der Waals surface area contributed by atoms with Crippen molar-refractivity contribution in [2.45, 2.75) is 78.2 Å². The van der Waals surface area contributed by atoms with Crippen molar-refractivity contribution in [3.63, 3.8) is 0 Å². The van der Waals surface area contributed by atoms with Crippen LogP contribution in [0.2, 0.25) is 0 Å². The molecule has 0 unspecified atom stereocenters. The molecule has 0 saturated heterocycles. The number of rotatable bonds is 11. The summed E-state index contributed by atoms with van der Waals surface area (Å²) >= 11 is 0. The van der Waals surface area contributed by atoms with Gasteiger partial charge >= 0.3 is 0 Å². The predicted molar refractivity (Wildman–Crippen MR) is 117 cm³/mol. The van der Waals surface area contributed by atoms with Gasteiger partial charge in [0.25, 0.3) is 0 Å². The van der Waals surface area contributed by atoms with Crippen molar-refractivity contribution in [3.05, 3.63) is 0 Å². The van der Waals surface area contributed by atoms with Crippen molar-refractivity contribution in [1.82, 2.24) is 10.6 Å². The maximum atomic E-state index is 10.4. The van der Waals surface area contributed by atoms with Crippen molar-refractivity contribution in [1.29, 1.82) is 0 Å². The van der Waals surface area contributed by atoms with E-state index < -0.39 is 5.60 Å². The molecule has 1 aliphatic carbocycles. The second kappa shape index (κ2) is 13.1. The van der Waals surface area contributed by atoms with E-state index in [1.165, 1.54) is 25.7 Å². The number of nitrogens with one attached hydrogen (secondary N) is 2. The SMILES string of the molecule is CCNC(=NCC(O)(CC)CC)NCC1(CCOCC)CCCC1.I. The van der Waals surface area contributed by atoms with Crippen molar-refractivity contribution in [2.24, 2.45) is 10.4 Å². The van der Waals surface area contributed by atoms with Crippen LogP contribution in [0.4, 0.5) is 0 Å². The van der Waals surface area contributed by atoms with Gasteiger partial charge in [-0.05, 0) is 51.4 Å². The topological polar surface area (TPSA) is 65.9 Å². The van der Waals surface area contributed by atoms with E-state index in [1.807, 2.05) is 13.8 Å². The highest BCUT2D eigenvalue weighted by Crippen LogP contribution is 2.40. The van der Waals surface area contributed by atoms with E-state index in [9.17, 15) is 5.11 Å². The summed E-state index contributed by atoms with van der Waals surface area (Å²) in [6, 6.07) is 0. The summed E-state index contributed by atoms with van der Waals surface area (Å²) < 4.78 is 5.59. The predicted octanol–water partition coefficient (Wildman–Crippen LogP) is 3.70. The van der Waals surface area contributed by atoms with Crippen molar-refractivity contribution in [2.75, 3.05) is 32.8 Å². The smallest absolute Gasteiger partial charge is 0.191 e. The maximum absolute atomic E-state index is 10.4. The molecule has 0 aromatic rings. The fourth-order valence-corrected chi connectivity index (χ4v) is 3.39. The standard InChI is InChI=1S/C19H39N3O2.HI/c1-5-19(23,6-2)16-22-17(20-7-3)21-15-18(11-9-10-12-18)13-14-24-8-4;/h23H,5-16H2,1-4H3,(H2,20,21,22);1H. The van der Waals surface area contributed by atoms with E-state index in [1.54, 1.807) is 0 Å². The lowest BCUT2D eigenvalue weighted by molar-refractivity contribution is 0.0417. The van der Waals surface area contributed by atoms with Crippen LogP contribution in [0.5, 0.6) is 0 Å². The fourth-order valence-electron chi connectivity index (χ4n) is 3.39. The first-order valence-corrected chi connectivity index (χ1v) is 9.85. The number of guanidine groups is 1. The molecule has 0 spiro atoms. The Morgan fingerprint density at radius 3 is 2.28 bits per heavy atom. The highest BCUT2D eigenvalue weighted by atomic mass is 127. The summed E-state index contributed by atoms with van der Waals surface area (Å²) in [5.41, 5.74) is -0.362. The molecule has 0 atom stereocenters. The molecule has 0 heterocycles. The molecule has 0 aromatic heterocycles. The molecule has 150 valence electrons. The Labute approximate surface area is 171 Å². The molecule has 1 aliphatic rings. The lowest BCUT2D eigenvalue weighted by Gasteiger charge is -2.30. The number of nitrogens with zero attached hydrogens (tertiary/aromatic N) is 1. The van der Waals surface area contributed by atoms with Gasteiger partial charge in [0.15, 0.2) is 5.96 Å². The summed E-state index contributed by atoms with van der Waals surface area (Å²) in [7, 11) is 0. The van der Waals surface area contributed by atoms with Gasteiger partial charge in [0.2, 0.25) is 0 Å². The first-order chi connectivity index (χ1) is 11.5. The van der Waals surface area contributed by atoms with E-state index in [-0.39, 0.29) is 24.0 Å². The summed E-state index contributed by atoms with van der Waals surface area (Å²) in [5, 5.41) is 17.3. The van der Waals surface area contributed by atoms with Crippen LogP contribution in [-0.2, 0) is 4.74 Å². The molecule has 0 aromatic carbocycles. The van der Waals surface area contributed by atoms with Crippen LogP contribution in [0.3, 0.4) is 0 Å². The Kier molecular flexibility index (Phi) is 13.1. The average Bonchev–Trinajstić information content (AvgIpc) is 3.06. The molecule has 6 heteroatoms. The first kappa shape index (κ1) is 24.9. The minimum Gasteiger partial charge on any atom is -0.388 e. The Bertz CT molecular complexity index is 368. The third-order valence-electron chi connectivity index (χ3n) is 5.47.